The van der Waals surface area contributed by atoms with Gasteiger partial charge in [0.2, 0.25) is 0 Å². The standard InChI is InChI=1S/C18H20O4/c1-3-15(21-14(2)19)13-20-16-9-11-18(12-10-16)22-17-7-5-4-6-8-17/h4-12,15H,3,13H2,1-2H3/t15-/m1/s1. The lowest BCUT2D eigenvalue weighted by Crippen LogP contribution is -2.23. The Hall–Kier alpha value is -2.49. The minimum atomic E-state index is -0.290. The first-order valence-electron chi connectivity index (χ1n) is 7.30. The van der Waals surface area contributed by atoms with Gasteiger partial charge >= 0.3 is 5.97 Å². The van der Waals surface area contributed by atoms with Crippen molar-refractivity contribution in [1.29, 1.82) is 0 Å². The van der Waals surface area contributed by atoms with Crippen molar-refractivity contribution in [2.75, 3.05) is 6.61 Å². The molecular formula is C18H20O4. The van der Waals surface area contributed by atoms with Crippen LogP contribution < -0.4 is 9.47 Å². The average Bonchev–Trinajstić information content (AvgIpc) is 2.53. The average molecular weight is 300 g/mol. The Balaban J connectivity index is 1.87. The molecule has 0 amide bonds. The molecule has 0 aliphatic carbocycles. The molecule has 0 N–H and O–H groups in total. The van der Waals surface area contributed by atoms with Crippen LogP contribution in [0.25, 0.3) is 0 Å². The van der Waals surface area contributed by atoms with Crippen molar-refractivity contribution in [1.82, 2.24) is 0 Å². The van der Waals surface area contributed by atoms with Crippen LogP contribution >= 0.6 is 0 Å². The number of carbonyl (C=O) groups is 1. The van der Waals surface area contributed by atoms with Crippen molar-refractivity contribution >= 4 is 5.97 Å². The molecule has 0 aliphatic rings. The van der Waals surface area contributed by atoms with E-state index in [0.717, 1.165) is 17.9 Å². The molecule has 2 aromatic carbocycles. The minimum Gasteiger partial charge on any atom is -0.490 e. The van der Waals surface area contributed by atoms with Crippen LogP contribution in [0, 0.1) is 0 Å². The molecule has 2 rings (SSSR count). The van der Waals surface area contributed by atoms with Crippen molar-refractivity contribution in [3.8, 4) is 17.2 Å². The number of rotatable bonds is 7. The first-order valence-corrected chi connectivity index (χ1v) is 7.30. The van der Waals surface area contributed by atoms with E-state index in [1.807, 2.05) is 61.5 Å². The highest BCUT2D eigenvalue weighted by Gasteiger charge is 2.10. The van der Waals surface area contributed by atoms with Gasteiger partial charge in [0.05, 0.1) is 0 Å². The summed E-state index contributed by atoms with van der Waals surface area (Å²) >= 11 is 0. The molecule has 1 atom stereocenters. The molecule has 0 saturated carbocycles. The van der Waals surface area contributed by atoms with Gasteiger partial charge in [-0.25, -0.2) is 0 Å². The number of hydrogen-bond donors (Lipinski definition) is 0. The summed E-state index contributed by atoms with van der Waals surface area (Å²) in [6, 6.07) is 16.9. The van der Waals surface area contributed by atoms with Crippen LogP contribution in [0.1, 0.15) is 20.3 Å². The lowest BCUT2D eigenvalue weighted by Gasteiger charge is -2.16. The van der Waals surface area contributed by atoms with E-state index >= 15 is 0 Å². The maximum atomic E-state index is 10.9. The topological polar surface area (TPSA) is 44.8 Å². The van der Waals surface area contributed by atoms with E-state index in [2.05, 4.69) is 0 Å². The molecule has 0 aromatic heterocycles. The van der Waals surface area contributed by atoms with Crippen LogP contribution in [0.5, 0.6) is 17.2 Å². The smallest absolute Gasteiger partial charge is 0.303 e. The molecule has 2 aromatic rings. The number of para-hydroxylation sites is 1. The summed E-state index contributed by atoms with van der Waals surface area (Å²) in [5.41, 5.74) is 0. The van der Waals surface area contributed by atoms with Crippen molar-refractivity contribution in [2.24, 2.45) is 0 Å². The van der Waals surface area contributed by atoms with Gasteiger partial charge in [-0.15, -0.1) is 0 Å². The van der Waals surface area contributed by atoms with Gasteiger partial charge in [0.1, 0.15) is 30.0 Å². The normalized spacial score (nSPS) is 11.5. The molecule has 0 saturated heterocycles. The maximum Gasteiger partial charge on any atom is 0.303 e. The van der Waals surface area contributed by atoms with E-state index < -0.39 is 0 Å². The molecule has 0 unspecified atom stereocenters. The number of carbonyl (C=O) groups excluding carboxylic acids is 1. The Morgan fingerprint density at radius 3 is 2.14 bits per heavy atom. The zero-order valence-electron chi connectivity index (χ0n) is 12.8. The number of esters is 1. The Kier molecular flexibility index (Phi) is 5.83. The van der Waals surface area contributed by atoms with Gasteiger partial charge in [-0.2, -0.15) is 0 Å². The van der Waals surface area contributed by atoms with Crippen LogP contribution in [0.2, 0.25) is 0 Å². The lowest BCUT2D eigenvalue weighted by atomic mass is 10.3. The first kappa shape index (κ1) is 15.9. The molecule has 0 radical (unpaired) electrons. The Bertz CT molecular complexity index is 578. The molecule has 0 fully saturated rings. The van der Waals surface area contributed by atoms with Crippen LogP contribution in [0.15, 0.2) is 54.6 Å². The fraction of sp³-hybridized carbons (Fsp3) is 0.278. The molecule has 22 heavy (non-hydrogen) atoms. The third-order valence-electron chi connectivity index (χ3n) is 3.03. The van der Waals surface area contributed by atoms with Gasteiger partial charge in [-0.05, 0) is 42.8 Å². The highest BCUT2D eigenvalue weighted by Crippen LogP contribution is 2.23. The van der Waals surface area contributed by atoms with E-state index in [0.29, 0.717) is 12.4 Å². The van der Waals surface area contributed by atoms with Crippen molar-refractivity contribution in [2.45, 2.75) is 26.4 Å². The molecule has 0 bridgehead atoms. The van der Waals surface area contributed by atoms with Gasteiger partial charge in [0, 0.05) is 6.92 Å². The zero-order chi connectivity index (χ0) is 15.8. The van der Waals surface area contributed by atoms with E-state index in [4.69, 9.17) is 14.2 Å². The highest BCUT2D eigenvalue weighted by atomic mass is 16.6. The summed E-state index contributed by atoms with van der Waals surface area (Å²) in [7, 11) is 0. The van der Waals surface area contributed by atoms with Gasteiger partial charge < -0.3 is 14.2 Å². The second-order valence-electron chi connectivity index (χ2n) is 4.84. The van der Waals surface area contributed by atoms with Crippen molar-refractivity contribution in [3.63, 3.8) is 0 Å². The zero-order valence-corrected chi connectivity index (χ0v) is 12.8. The number of ether oxygens (including phenoxy) is 3. The Morgan fingerprint density at radius 1 is 0.955 bits per heavy atom. The molecular weight excluding hydrogens is 280 g/mol. The number of benzene rings is 2. The van der Waals surface area contributed by atoms with E-state index in [-0.39, 0.29) is 12.1 Å². The van der Waals surface area contributed by atoms with Crippen LogP contribution in [-0.2, 0) is 9.53 Å². The lowest BCUT2D eigenvalue weighted by molar-refractivity contribution is -0.147. The van der Waals surface area contributed by atoms with E-state index in [1.165, 1.54) is 6.92 Å². The van der Waals surface area contributed by atoms with Crippen LogP contribution in [-0.4, -0.2) is 18.7 Å². The quantitative estimate of drug-likeness (QED) is 0.719. The fourth-order valence-electron chi connectivity index (χ4n) is 1.89. The van der Waals surface area contributed by atoms with E-state index in [1.54, 1.807) is 0 Å². The summed E-state index contributed by atoms with van der Waals surface area (Å²) in [6.45, 7) is 3.70. The second-order valence-corrected chi connectivity index (χ2v) is 4.84. The summed E-state index contributed by atoms with van der Waals surface area (Å²) < 4.78 is 16.5. The fourth-order valence-corrected chi connectivity index (χ4v) is 1.89. The van der Waals surface area contributed by atoms with Crippen LogP contribution in [0.3, 0.4) is 0 Å². The molecule has 0 spiro atoms. The minimum absolute atomic E-state index is 0.224. The van der Waals surface area contributed by atoms with E-state index in [9.17, 15) is 4.79 Å². The summed E-state index contributed by atoms with van der Waals surface area (Å²) in [6.07, 6.45) is 0.493. The van der Waals surface area contributed by atoms with Crippen molar-refractivity contribution < 1.29 is 19.0 Å². The molecule has 0 aliphatic heterocycles. The van der Waals surface area contributed by atoms with Gasteiger partial charge in [-0.3, -0.25) is 4.79 Å². The number of hydrogen-bond acceptors (Lipinski definition) is 4. The predicted molar refractivity (Wildman–Crippen MR) is 84.3 cm³/mol. The Morgan fingerprint density at radius 2 is 1.55 bits per heavy atom. The SMILES string of the molecule is CC[C@H](COc1ccc(Oc2ccccc2)cc1)OC(C)=O. The molecule has 4 heteroatoms. The maximum absolute atomic E-state index is 10.9. The summed E-state index contributed by atoms with van der Waals surface area (Å²) in [5, 5.41) is 0. The third-order valence-corrected chi connectivity index (χ3v) is 3.03. The summed E-state index contributed by atoms with van der Waals surface area (Å²) in [4.78, 5) is 10.9. The van der Waals surface area contributed by atoms with Crippen LogP contribution in [0.4, 0.5) is 0 Å². The third kappa shape index (κ3) is 5.13. The second kappa shape index (κ2) is 8.08. The monoisotopic (exact) mass is 300 g/mol. The molecule has 0 heterocycles. The summed E-state index contributed by atoms with van der Waals surface area (Å²) in [5.74, 6) is 1.95. The van der Waals surface area contributed by atoms with Gasteiger partial charge in [-0.1, -0.05) is 25.1 Å². The molecule has 116 valence electrons. The predicted octanol–water partition coefficient (Wildman–Crippen LogP) is 4.20. The van der Waals surface area contributed by atoms with Gasteiger partial charge in [0.15, 0.2) is 0 Å². The Labute approximate surface area is 130 Å². The largest absolute Gasteiger partial charge is 0.490 e. The molecule has 4 nitrogen and oxygen atoms in total. The first-order chi connectivity index (χ1) is 10.7. The highest BCUT2D eigenvalue weighted by molar-refractivity contribution is 5.66. The van der Waals surface area contributed by atoms with Crippen molar-refractivity contribution in [3.05, 3.63) is 54.6 Å². The van der Waals surface area contributed by atoms with Gasteiger partial charge in [0.25, 0.3) is 0 Å².